The molecule has 0 aliphatic carbocycles. The highest BCUT2D eigenvalue weighted by molar-refractivity contribution is 6.46. The molecule has 144 valence electrons. The zero-order valence-electron chi connectivity index (χ0n) is 16.4. The van der Waals surface area contributed by atoms with E-state index in [1.54, 1.807) is 0 Å². The zero-order chi connectivity index (χ0) is 18.5. The lowest BCUT2D eigenvalue weighted by atomic mass is 9.92. The van der Waals surface area contributed by atoms with Crippen LogP contribution in [0.3, 0.4) is 0 Å². The van der Waals surface area contributed by atoms with Gasteiger partial charge in [-0.1, -0.05) is 33.1 Å². The minimum Gasteiger partial charge on any atom is -0.461 e. The zero-order valence-corrected chi connectivity index (χ0v) is 16.4. The summed E-state index contributed by atoms with van der Waals surface area (Å²) in [6.45, 7) is 9.70. The van der Waals surface area contributed by atoms with E-state index >= 15 is 0 Å². The summed E-state index contributed by atoms with van der Waals surface area (Å²) >= 11 is 0. The molecule has 0 radical (unpaired) electrons. The van der Waals surface area contributed by atoms with E-state index in [2.05, 4.69) is 28.7 Å². The van der Waals surface area contributed by atoms with Crippen LogP contribution in [-0.2, 0) is 4.74 Å². The third-order valence-electron chi connectivity index (χ3n) is 5.51. The van der Waals surface area contributed by atoms with E-state index in [-0.39, 0.29) is 12.1 Å². The van der Waals surface area contributed by atoms with Gasteiger partial charge < -0.3 is 10.5 Å². The third kappa shape index (κ3) is 4.53. The maximum atomic E-state index is 6.12. The Morgan fingerprint density at radius 1 is 1.27 bits per heavy atom. The number of nitrogens with two attached hydrogens (primary N) is 1. The SMILES string of the molecule is CCCC1CCN(CC2=CN=C3C(N)=NC(OC(C)CCC)=NC23)CC1. The third-order valence-corrected chi connectivity index (χ3v) is 5.51. The predicted octanol–water partition coefficient (Wildman–Crippen LogP) is 3.14. The largest absolute Gasteiger partial charge is 0.461 e. The molecule has 0 aromatic heterocycles. The van der Waals surface area contributed by atoms with Crippen molar-refractivity contribution in [2.75, 3.05) is 19.6 Å². The van der Waals surface area contributed by atoms with Crippen LogP contribution in [0, 0.1) is 5.92 Å². The number of hydrogen-bond acceptors (Lipinski definition) is 6. The number of nitrogens with zero attached hydrogens (tertiary/aromatic N) is 4. The number of piperidine rings is 1. The van der Waals surface area contributed by atoms with Crippen molar-refractivity contribution in [1.29, 1.82) is 0 Å². The molecule has 3 aliphatic rings. The Balaban J connectivity index is 1.59. The molecule has 2 unspecified atom stereocenters. The fourth-order valence-electron chi connectivity index (χ4n) is 4.05. The van der Waals surface area contributed by atoms with Crippen LogP contribution in [0.2, 0.25) is 0 Å². The lowest BCUT2D eigenvalue weighted by molar-refractivity contribution is 0.187. The van der Waals surface area contributed by atoms with Crippen LogP contribution in [-0.4, -0.2) is 54.2 Å². The van der Waals surface area contributed by atoms with E-state index in [9.17, 15) is 0 Å². The van der Waals surface area contributed by atoms with E-state index < -0.39 is 0 Å². The summed E-state index contributed by atoms with van der Waals surface area (Å²) in [5.41, 5.74) is 8.10. The van der Waals surface area contributed by atoms with Crippen molar-refractivity contribution >= 4 is 17.6 Å². The van der Waals surface area contributed by atoms with E-state index in [4.69, 9.17) is 15.5 Å². The van der Waals surface area contributed by atoms with Crippen LogP contribution in [0.15, 0.2) is 26.8 Å². The summed E-state index contributed by atoms with van der Waals surface area (Å²) in [6.07, 6.45) is 9.34. The van der Waals surface area contributed by atoms with Gasteiger partial charge in [-0.2, -0.15) is 4.99 Å². The number of rotatable bonds is 7. The van der Waals surface area contributed by atoms with Crippen molar-refractivity contribution < 1.29 is 4.74 Å². The molecule has 1 saturated heterocycles. The van der Waals surface area contributed by atoms with Crippen molar-refractivity contribution in [2.45, 2.75) is 71.4 Å². The summed E-state index contributed by atoms with van der Waals surface area (Å²) in [5.74, 6) is 1.34. The second-order valence-electron chi connectivity index (χ2n) is 7.75. The average molecular weight is 360 g/mol. The number of amidine groups is 2. The van der Waals surface area contributed by atoms with Gasteiger partial charge in [-0.15, -0.1) is 0 Å². The van der Waals surface area contributed by atoms with Gasteiger partial charge in [-0.05, 0) is 50.8 Å². The number of ether oxygens (including phenoxy) is 1. The van der Waals surface area contributed by atoms with Gasteiger partial charge in [0.1, 0.15) is 11.8 Å². The van der Waals surface area contributed by atoms with Crippen molar-refractivity contribution in [3.05, 3.63) is 11.8 Å². The molecule has 1 fully saturated rings. The highest BCUT2D eigenvalue weighted by Crippen LogP contribution is 2.26. The van der Waals surface area contributed by atoms with Crippen LogP contribution in [0.1, 0.15) is 59.3 Å². The molecule has 2 N–H and O–H groups in total. The minimum atomic E-state index is -0.121. The van der Waals surface area contributed by atoms with E-state index in [1.807, 2.05) is 13.1 Å². The predicted molar refractivity (Wildman–Crippen MR) is 108 cm³/mol. The van der Waals surface area contributed by atoms with Crippen molar-refractivity contribution in [3.63, 3.8) is 0 Å². The van der Waals surface area contributed by atoms with Crippen LogP contribution < -0.4 is 5.73 Å². The maximum absolute atomic E-state index is 6.12. The average Bonchev–Trinajstić information content (AvgIpc) is 3.00. The molecule has 0 amide bonds. The summed E-state index contributed by atoms with van der Waals surface area (Å²) in [6, 6.07) is 0.284. The van der Waals surface area contributed by atoms with Gasteiger partial charge in [-0.3, -0.25) is 9.89 Å². The molecule has 6 heteroatoms. The summed E-state index contributed by atoms with van der Waals surface area (Å²) in [5, 5.41) is 0. The number of aliphatic imine (C=N–C) groups is 3. The highest BCUT2D eigenvalue weighted by atomic mass is 16.5. The highest BCUT2D eigenvalue weighted by Gasteiger charge is 2.33. The van der Waals surface area contributed by atoms with Gasteiger partial charge in [0.15, 0.2) is 5.84 Å². The summed E-state index contributed by atoms with van der Waals surface area (Å²) in [4.78, 5) is 16.0. The van der Waals surface area contributed by atoms with Crippen LogP contribution >= 0.6 is 0 Å². The molecule has 26 heavy (non-hydrogen) atoms. The lowest BCUT2D eigenvalue weighted by Crippen LogP contribution is -2.41. The molecule has 6 nitrogen and oxygen atoms in total. The molecule has 3 aliphatic heterocycles. The monoisotopic (exact) mass is 359 g/mol. The first kappa shape index (κ1) is 19.1. The smallest absolute Gasteiger partial charge is 0.314 e. The molecular formula is C20H33N5O. The second-order valence-corrected chi connectivity index (χ2v) is 7.75. The Hall–Kier alpha value is -1.69. The molecule has 3 heterocycles. The topological polar surface area (TPSA) is 75.6 Å². The van der Waals surface area contributed by atoms with Gasteiger partial charge in [0.25, 0.3) is 0 Å². The molecule has 2 atom stereocenters. The quantitative estimate of drug-likeness (QED) is 0.759. The van der Waals surface area contributed by atoms with Gasteiger partial charge in [0.05, 0.1) is 6.10 Å². The minimum absolute atomic E-state index is 0.0974. The maximum Gasteiger partial charge on any atom is 0.314 e. The Bertz CT molecular complexity index is 614. The van der Waals surface area contributed by atoms with Crippen LogP contribution in [0.4, 0.5) is 0 Å². The van der Waals surface area contributed by atoms with E-state index in [1.165, 1.54) is 31.3 Å². The van der Waals surface area contributed by atoms with E-state index in [0.29, 0.717) is 11.9 Å². The summed E-state index contributed by atoms with van der Waals surface area (Å²) < 4.78 is 5.88. The first-order valence-corrected chi connectivity index (χ1v) is 10.2. The number of hydrogen-bond donors (Lipinski definition) is 1. The molecule has 0 saturated carbocycles. The Morgan fingerprint density at radius 3 is 2.73 bits per heavy atom. The van der Waals surface area contributed by atoms with Gasteiger partial charge in [0, 0.05) is 12.7 Å². The van der Waals surface area contributed by atoms with Crippen LogP contribution in [0.25, 0.3) is 0 Å². The molecule has 3 rings (SSSR count). The van der Waals surface area contributed by atoms with Crippen molar-refractivity contribution in [1.82, 2.24) is 4.90 Å². The molecule has 0 spiro atoms. The number of likely N-dealkylation sites (tertiary alicyclic amines) is 1. The van der Waals surface area contributed by atoms with E-state index in [0.717, 1.165) is 44.1 Å². The number of fused-ring (bicyclic) bond motifs is 1. The van der Waals surface area contributed by atoms with Gasteiger partial charge >= 0.3 is 6.02 Å². The normalized spacial score (nSPS) is 25.1. The lowest BCUT2D eigenvalue weighted by Gasteiger charge is -2.33. The second kappa shape index (κ2) is 8.80. The molecule has 0 aromatic rings. The molecular weight excluding hydrogens is 326 g/mol. The molecule has 0 aromatic carbocycles. The van der Waals surface area contributed by atoms with Gasteiger partial charge in [-0.25, -0.2) is 4.99 Å². The Morgan fingerprint density at radius 2 is 2.04 bits per heavy atom. The Kier molecular flexibility index (Phi) is 6.46. The van der Waals surface area contributed by atoms with Crippen molar-refractivity contribution in [3.8, 4) is 0 Å². The first-order valence-electron chi connectivity index (χ1n) is 10.2. The fourth-order valence-corrected chi connectivity index (χ4v) is 4.05. The van der Waals surface area contributed by atoms with Crippen LogP contribution in [0.5, 0.6) is 0 Å². The fraction of sp³-hybridized carbons (Fsp3) is 0.750. The molecule has 0 bridgehead atoms. The van der Waals surface area contributed by atoms with Gasteiger partial charge in [0.2, 0.25) is 0 Å². The van der Waals surface area contributed by atoms with Crippen molar-refractivity contribution in [2.24, 2.45) is 26.6 Å². The summed E-state index contributed by atoms with van der Waals surface area (Å²) in [7, 11) is 0. The Labute approximate surface area is 157 Å². The standard InChI is InChI=1S/C20H33N5O/c1-4-6-14(3)26-20-23-17-16(12-22-18(17)19(21)24-20)13-25-10-8-15(7-5-2)9-11-25/h12,14-15,17H,4-11,13H2,1-3H3,(H2,21,23,24). The first-order chi connectivity index (χ1) is 12.6.